The Kier molecular flexibility index (Phi) is 3.39. The fourth-order valence-corrected chi connectivity index (χ4v) is 2.06. The molecule has 0 saturated heterocycles. The molecule has 0 atom stereocenters. The highest BCUT2D eigenvalue weighted by molar-refractivity contribution is 5.86. The van der Waals surface area contributed by atoms with Crippen molar-refractivity contribution < 1.29 is 9.53 Å². The number of esters is 1. The third-order valence-electron chi connectivity index (χ3n) is 2.96. The molecule has 0 bridgehead atoms. The molecule has 1 aliphatic carbocycles. The molecular formula is C12H16N2O2. The standard InChI is InChI=1S/C12H16N2O2/c1-16-12(15)7-6-10-8-14(9-13-10)11-4-2-3-5-11/h6-9,11H,2-5H2,1H3/b7-6+. The van der Waals surface area contributed by atoms with Crippen LogP contribution in [0.2, 0.25) is 0 Å². The molecule has 0 aliphatic heterocycles. The van der Waals surface area contributed by atoms with E-state index in [1.165, 1.54) is 38.9 Å². The third-order valence-corrected chi connectivity index (χ3v) is 2.96. The van der Waals surface area contributed by atoms with Gasteiger partial charge in [0.1, 0.15) is 0 Å². The van der Waals surface area contributed by atoms with E-state index in [4.69, 9.17) is 0 Å². The summed E-state index contributed by atoms with van der Waals surface area (Å²) in [6.45, 7) is 0. The Morgan fingerprint density at radius 3 is 3.00 bits per heavy atom. The first kappa shape index (κ1) is 10.9. The summed E-state index contributed by atoms with van der Waals surface area (Å²) >= 11 is 0. The van der Waals surface area contributed by atoms with Gasteiger partial charge in [0, 0.05) is 18.3 Å². The molecule has 0 amide bonds. The van der Waals surface area contributed by atoms with E-state index in [9.17, 15) is 4.79 Å². The van der Waals surface area contributed by atoms with Crippen molar-refractivity contribution in [1.29, 1.82) is 0 Å². The molecule has 1 aliphatic rings. The van der Waals surface area contributed by atoms with Crippen LogP contribution in [0.1, 0.15) is 37.4 Å². The second-order valence-electron chi connectivity index (χ2n) is 4.04. The van der Waals surface area contributed by atoms with Gasteiger partial charge in [-0.05, 0) is 18.9 Å². The summed E-state index contributed by atoms with van der Waals surface area (Å²) in [5, 5.41) is 0. The van der Waals surface area contributed by atoms with E-state index < -0.39 is 0 Å². The van der Waals surface area contributed by atoms with Crippen LogP contribution in [0.4, 0.5) is 0 Å². The van der Waals surface area contributed by atoms with Crippen LogP contribution >= 0.6 is 0 Å². The summed E-state index contributed by atoms with van der Waals surface area (Å²) in [5.74, 6) is -0.351. The normalized spacial score (nSPS) is 17.1. The van der Waals surface area contributed by atoms with Gasteiger partial charge in [0.2, 0.25) is 0 Å². The summed E-state index contributed by atoms with van der Waals surface area (Å²) in [6, 6.07) is 0.591. The molecule has 0 radical (unpaired) electrons. The minimum absolute atomic E-state index is 0.351. The van der Waals surface area contributed by atoms with Crippen molar-refractivity contribution in [3.8, 4) is 0 Å². The fourth-order valence-electron chi connectivity index (χ4n) is 2.06. The van der Waals surface area contributed by atoms with Crippen LogP contribution in [0.3, 0.4) is 0 Å². The van der Waals surface area contributed by atoms with Crippen molar-refractivity contribution >= 4 is 12.0 Å². The monoisotopic (exact) mass is 220 g/mol. The average Bonchev–Trinajstić information content (AvgIpc) is 2.95. The highest BCUT2D eigenvalue weighted by atomic mass is 16.5. The number of aromatic nitrogens is 2. The number of methoxy groups -OCH3 is 1. The number of hydrogen-bond acceptors (Lipinski definition) is 3. The van der Waals surface area contributed by atoms with Gasteiger partial charge in [0.05, 0.1) is 19.1 Å². The summed E-state index contributed by atoms with van der Waals surface area (Å²) < 4.78 is 6.66. The lowest BCUT2D eigenvalue weighted by Gasteiger charge is -2.08. The third kappa shape index (κ3) is 2.51. The number of imidazole rings is 1. The highest BCUT2D eigenvalue weighted by Crippen LogP contribution is 2.29. The van der Waals surface area contributed by atoms with Crippen molar-refractivity contribution in [2.75, 3.05) is 7.11 Å². The van der Waals surface area contributed by atoms with Crippen LogP contribution in [0.25, 0.3) is 6.08 Å². The number of carbonyl (C=O) groups excluding carboxylic acids is 1. The first-order valence-corrected chi connectivity index (χ1v) is 5.59. The van der Waals surface area contributed by atoms with Gasteiger partial charge in [-0.1, -0.05) is 12.8 Å². The highest BCUT2D eigenvalue weighted by Gasteiger charge is 2.16. The predicted molar refractivity (Wildman–Crippen MR) is 60.8 cm³/mol. The summed E-state index contributed by atoms with van der Waals surface area (Å²) in [6.07, 6.45) is 12.0. The molecule has 0 aromatic carbocycles. The van der Waals surface area contributed by atoms with Gasteiger partial charge in [0.25, 0.3) is 0 Å². The molecule has 0 N–H and O–H groups in total. The van der Waals surface area contributed by atoms with Crippen molar-refractivity contribution in [3.05, 3.63) is 24.3 Å². The van der Waals surface area contributed by atoms with Crippen LogP contribution in [0.5, 0.6) is 0 Å². The van der Waals surface area contributed by atoms with E-state index in [1.807, 2.05) is 12.5 Å². The number of rotatable bonds is 3. The molecular weight excluding hydrogens is 204 g/mol. The largest absolute Gasteiger partial charge is 0.466 e. The number of nitrogens with zero attached hydrogens (tertiary/aromatic N) is 2. The Hall–Kier alpha value is -1.58. The SMILES string of the molecule is COC(=O)/C=C/c1cn(C2CCCC2)cn1. The molecule has 0 spiro atoms. The molecule has 16 heavy (non-hydrogen) atoms. The molecule has 1 aromatic rings. The van der Waals surface area contributed by atoms with Crippen molar-refractivity contribution in [1.82, 2.24) is 9.55 Å². The molecule has 1 fully saturated rings. The van der Waals surface area contributed by atoms with E-state index in [-0.39, 0.29) is 5.97 Å². The number of ether oxygens (including phenoxy) is 1. The summed E-state index contributed by atoms with van der Waals surface area (Å²) in [5.41, 5.74) is 0.803. The molecule has 4 nitrogen and oxygen atoms in total. The maximum absolute atomic E-state index is 10.9. The van der Waals surface area contributed by atoms with E-state index in [2.05, 4.69) is 14.3 Å². The smallest absolute Gasteiger partial charge is 0.330 e. The Balaban J connectivity index is 2.01. The lowest BCUT2D eigenvalue weighted by molar-refractivity contribution is -0.134. The fraction of sp³-hybridized carbons (Fsp3) is 0.500. The molecule has 4 heteroatoms. The average molecular weight is 220 g/mol. The minimum Gasteiger partial charge on any atom is -0.466 e. The van der Waals surface area contributed by atoms with Crippen LogP contribution in [0.15, 0.2) is 18.6 Å². The zero-order valence-electron chi connectivity index (χ0n) is 9.43. The van der Waals surface area contributed by atoms with Gasteiger partial charge in [-0.25, -0.2) is 9.78 Å². The minimum atomic E-state index is -0.351. The number of carbonyl (C=O) groups is 1. The van der Waals surface area contributed by atoms with Crippen molar-refractivity contribution in [2.24, 2.45) is 0 Å². The first-order valence-electron chi connectivity index (χ1n) is 5.59. The van der Waals surface area contributed by atoms with Crippen molar-refractivity contribution in [3.63, 3.8) is 0 Å². The topological polar surface area (TPSA) is 44.1 Å². The zero-order valence-corrected chi connectivity index (χ0v) is 9.43. The second kappa shape index (κ2) is 4.96. The van der Waals surface area contributed by atoms with Crippen molar-refractivity contribution in [2.45, 2.75) is 31.7 Å². The Morgan fingerprint density at radius 1 is 1.56 bits per heavy atom. The van der Waals surface area contributed by atoms with Gasteiger partial charge < -0.3 is 9.30 Å². The number of hydrogen-bond donors (Lipinski definition) is 0. The van der Waals surface area contributed by atoms with E-state index in [0.29, 0.717) is 6.04 Å². The molecule has 0 unspecified atom stereocenters. The van der Waals surface area contributed by atoms with Gasteiger partial charge in [-0.15, -0.1) is 0 Å². The second-order valence-corrected chi connectivity index (χ2v) is 4.04. The molecule has 1 saturated carbocycles. The van der Waals surface area contributed by atoms with Gasteiger partial charge in [-0.3, -0.25) is 0 Å². The van der Waals surface area contributed by atoms with Crippen LogP contribution in [-0.4, -0.2) is 22.6 Å². The predicted octanol–water partition coefficient (Wildman–Crippen LogP) is 2.18. The maximum Gasteiger partial charge on any atom is 0.330 e. The van der Waals surface area contributed by atoms with Gasteiger partial charge in [-0.2, -0.15) is 0 Å². The van der Waals surface area contributed by atoms with E-state index >= 15 is 0 Å². The zero-order chi connectivity index (χ0) is 11.4. The quantitative estimate of drug-likeness (QED) is 0.579. The lowest BCUT2D eigenvalue weighted by atomic mass is 10.2. The molecule has 2 rings (SSSR count). The maximum atomic E-state index is 10.9. The summed E-state index contributed by atoms with van der Waals surface area (Å²) in [7, 11) is 1.36. The van der Waals surface area contributed by atoms with Gasteiger partial charge in [0.15, 0.2) is 0 Å². The molecule has 1 aromatic heterocycles. The van der Waals surface area contributed by atoms with Crippen LogP contribution < -0.4 is 0 Å². The van der Waals surface area contributed by atoms with E-state index in [0.717, 1.165) is 5.69 Å². The van der Waals surface area contributed by atoms with Gasteiger partial charge >= 0.3 is 5.97 Å². The van der Waals surface area contributed by atoms with Crippen LogP contribution in [-0.2, 0) is 9.53 Å². The Bertz CT molecular complexity index is 389. The Labute approximate surface area is 94.9 Å². The first-order chi connectivity index (χ1) is 7.79. The van der Waals surface area contributed by atoms with E-state index in [1.54, 1.807) is 6.08 Å². The molecule has 1 heterocycles. The summed E-state index contributed by atoms with van der Waals surface area (Å²) in [4.78, 5) is 15.1. The Morgan fingerprint density at radius 2 is 2.31 bits per heavy atom. The molecule has 86 valence electrons. The van der Waals surface area contributed by atoms with Crippen LogP contribution in [0, 0.1) is 0 Å². The lowest BCUT2D eigenvalue weighted by Crippen LogP contribution is -2.00.